The number of imidazole rings is 1. The Hall–Kier alpha value is -1.36. The van der Waals surface area contributed by atoms with Crippen LogP contribution in [0.1, 0.15) is 10.6 Å². The fourth-order valence-electron chi connectivity index (χ4n) is 1.72. The molecular formula is C10H16N4O. The number of amides is 1. The van der Waals surface area contributed by atoms with Crippen LogP contribution in [-0.4, -0.2) is 58.5 Å². The number of hydrogen-bond acceptors (Lipinski definition) is 3. The van der Waals surface area contributed by atoms with Crippen LogP contribution < -0.4 is 0 Å². The molecule has 5 heteroatoms. The van der Waals surface area contributed by atoms with E-state index in [1.54, 1.807) is 17.0 Å². The van der Waals surface area contributed by atoms with E-state index in [4.69, 9.17) is 0 Å². The molecule has 0 N–H and O–H groups in total. The van der Waals surface area contributed by atoms with Crippen molar-refractivity contribution in [3.63, 3.8) is 0 Å². The monoisotopic (exact) mass is 208 g/mol. The lowest BCUT2D eigenvalue weighted by Gasteiger charge is -2.32. The molecule has 0 radical (unpaired) electrons. The Morgan fingerprint density at radius 2 is 1.93 bits per heavy atom. The average Bonchev–Trinajstić information content (AvgIpc) is 2.65. The van der Waals surface area contributed by atoms with Gasteiger partial charge >= 0.3 is 0 Å². The number of aryl methyl sites for hydroxylation is 1. The van der Waals surface area contributed by atoms with Gasteiger partial charge in [-0.2, -0.15) is 0 Å². The third-order valence-electron chi connectivity index (χ3n) is 2.80. The summed E-state index contributed by atoms with van der Waals surface area (Å²) in [5, 5.41) is 0. The van der Waals surface area contributed by atoms with Crippen molar-refractivity contribution in [3.05, 3.63) is 18.2 Å². The summed E-state index contributed by atoms with van der Waals surface area (Å²) in [5.41, 5.74) is 0. The Morgan fingerprint density at radius 1 is 1.27 bits per heavy atom. The van der Waals surface area contributed by atoms with Crippen LogP contribution in [0, 0.1) is 0 Å². The van der Waals surface area contributed by atoms with E-state index in [9.17, 15) is 4.79 Å². The summed E-state index contributed by atoms with van der Waals surface area (Å²) in [6, 6.07) is 0. The molecule has 1 aromatic rings. The van der Waals surface area contributed by atoms with Crippen LogP contribution >= 0.6 is 0 Å². The number of carbonyl (C=O) groups excluding carboxylic acids is 1. The molecule has 1 aliphatic heterocycles. The van der Waals surface area contributed by atoms with Gasteiger partial charge in [0.25, 0.3) is 5.91 Å². The molecule has 0 spiro atoms. The predicted octanol–water partition coefficient (Wildman–Crippen LogP) is -0.192. The highest BCUT2D eigenvalue weighted by Crippen LogP contribution is 2.05. The van der Waals surface area contributed by atoms with Crippen molar-refractivity contribution in [1.82, 2.24) is 19.4 Å². The first-order valence-corrected chi connectivity index (χ1v) is 5.13. The van der Waals surface area contributed by atoms with Crippen molar-refractivity contribution < 1.29 is 4.79 Å². The molecule has 0 bridgehead atoms. The van der Waals surface area contributed by atoms with E-state index in [-0.39, 0.29) is 5.91 Å². The number of aromatic nitrogens is 2. The molecule has 15 heavy (non-hydrogen) atoms. The van der Waals surface area contributed by atoms with Gasteiger partial charge in [-0.05, 0) is 7.05 Å². The van der Waals surface area contributed by atoms with Crippen molar-refractivity contribution in [3.8, 4) is 0 Å². The second kappa shape index (κ2) is 4.02. The number of hydrogen-bond donors (Lipinski definition) is 0. The van der Waals surface area contributed by atoms with E-state index in [2.05, 4.69) is 16.9 Å². The fraction of sp³-hybridized carbons (Fsp3) is 0.600. The van der Waals surface area contributed by atoms with Crippen LogP contribution in [-0.2, 0) is 7.05 Å². The van der Waals surface area contributed by atoms with E-state index >= 15 is 0 Å². The average molecular weight is 208 g/mol. The van der Waals surface area contributed by atoms with Crippen LogP contribution in [0.3, 0.4) is 0 Å². The molecule has 0 aromatic carbocycles. The zero-order chi connectivity index (χ0) is 10.8. The highest BCUT2D eigenvalue weighted by atomic mass is 16.2. The standard InChI is InChI=1S/C10H16N4O/c1-12-5-7-14(8-6-12)10(15)9-11-3-4-13(9)2/h3-4H,5-8H2,1-2H3. The van der Waals surface area contributed by atoms with Crippen molar-refractivity contribution in [2.45, 2.75) is 0 Å². The van der Waals surface area contributed by atoms with Crippen LogP contribution in [0.4, 0.5) is 0 Å². The van der Waals surface area contributed by atoms with Crippen molar-refractivity contribution in [1.29, 1.82) is 0 Å². The number of carbonyl (C=O) groups is 1. The molecule has 0 atom stereocenters. The molecule has 5 nitrogen and oxygen atoms in total. The summed E-state index contributed by atoms with van der Waals surface area (Å²) in [4.78, 5) is 20.2. The highest BCUT2D eigenvalue weighted by molar-refractivity contribution is 5.90. The molecule has 0 saturated carbocycles. The SMILES string of the molecule is CN1CCN(C(=O)c2nccn2C)CC1. The Kier molecular flexibility index (Phi) is 2.73. The largest absolute Gasteiger partial charge is 0.333 e. The number of piperazine rings is 1. The first-order chi connectivity index (χ1) is 7.18. The minimum Gasteiger partial charge on any atom is -0.333 e. The van der Waals surface area contributed by atoms with Crippen LogP contribution in [0.5, 0.6) is 0 Å². The quantitative estimate of drug-likeness (QED) is 0.642. The summed E-state index contributed by atoms with van der Waals surface area (Å²) >= 11 is 0. The van der Waals surface area contributed by atoms with Gasteiger partial charge in [0.2, 0.25) is 0 Å². The molecule has 1 saturated heterocycles. The molecule has 1 amide bonds. The number of likely N-dealkylation sites (N-methyl/N-ethyl adjacent to an activating group) is 1. The first-order valence-electron chi connectivity index (χ1n) is 5.13. The van der Waals surface area contributed by atoms with Crippen molar-refractivity contribution in [2.24, 2.45) is 7.05 Å². The lowest BCUT2D eigenvalue weighted by Crippen LogP contribution is -2.47. The summed E-state index contributed by atoms with van der Waals surface area (Å²) in [7, 11) is 3.92. The molecule has 2 rings (SSSR count). The van der Waals surface area contributed by atoms with E-state index in [0.29, 0.717) is 5.82 Å². The van der Waals surface area contributed by atoms with Gasteiger partial charge in [0.05, 0.1) is 0 Å². The molecule has 0 aliphatic carbocycles. The Balaban J connectivity index is 2.06. The van der Waals surface area contributed by atoms with E-state index in [1.807, 2.05) is 11.9 Å². The maximum Gasteiger partial charge on any atom is 0.289 e. The molecule has 1 fully saturated rings. The number of nitrogens with zero attached hydrogens (tertiary/aromatic N) is 4. The lowest BCUT2D eigenvalue weighted by molar-refractivity contribution is 0.0648. The van der Waals surface area contributed by atoms with E-state index in [1.165, 1.54) is 0 Å². The van der Waals surface area contributed by atoms with Gasteiger partial charge in [0.15, 0.2) is 5.82 Å². The van der Waals surface area contributed by atoms with Gasteiger partial charge in [-0.25, -0.2) is 4.98 Å². The Morgan fingerprint density at radius 3 is 2.47 bits per heavy atom. The topological polar surface area (TPSA) is 41.4 Å². The van der Waals surface area contributed by atoms with Crippen molar-refractivity contribution in [2.75, 3.05) is 33.2 Å². The lowest BCUT2D eigenvalue weighted by atomic mass is 10.3. The third-order valence-corrected chi connectivity index (χ3v) is 2.80. The smallest absolute Gasteiger partial charge is 0.289 e. The van der Waals surface area contributed by atoms with Gasteiger partial charge < -0.3 is 14.4 Å². The summed E-state index contributed by atoms with van der Waals surface area (Å²) < 4.78 is 1.76. The van der Waals surface area contributed by atoms with Gasteiger partial charge in [-0.15, -0.1) is 0 Å². The van der Waals surface area contributed by atoms with E-state index < -0.39 is 0 Å². The second-order valence-electron chi connectivity index (χ2n) is 3.96. The predicted molar refractivity (Wildman–Crippen MR) is 56.6 cm³/mol. The molecular weight excluding hydrogens is 192 g/mol. The molecule has 1 aromatic heterocycles. The van der Waals surface area contributed by atoms with E-state index in [0.717, 1.165) is 26.2 Å². The maximum absolute atomic E-state index is 12.0. The Labute approximate surface area is 89.3 Å². The summed E-state index contributed by atoms with van der Waals surface area (Å²) in [6.07, 6.45) is 3.45. The Bertz CT molecular complexity index is 352. The van der Waals surface area contributed by atoms with Crippen molar-refractivity contribution >= 4 is 5.91 Å². The number of rotatable bonds is 1. The third kappa shape index (κ3) is 2.02. The summed E-state index contributed by atoms with van der Waals surface area (Å²) in [5.74, 6) is 0.565. The fourth-order valence-corrected chi connectivity index (χ4v) is 1.72. The normalized spacial score (nSPS) is 18.1. The summed E-state index contributed by atoms with van der Waals surface area (Å²) in [6.45, 7) is 3.47. The highest BCUT2D eigenvalue weighted by Gasteiger charge is 2.22. The van der Waals surface area contributed by atoms with Crippen LogP contribution in [0.15, 0.2) is 12.4 Å². The molecule has 82 valence electrons. The van der Waals surface area contributed by atoms with Crippen LogP contribution in [0.25, 0.3) is 0 Å². The minimum absolute atomic E-state index is 0.0376. The zero-order valence-corrected chi connectivity index (χ0v) is 9.18. The molecule has 1 aliphatic rings. The van der Waals surface area contributed by atoms with Gasteiger partial charge in [-0.3, -0.25) is 4.79 Å². The maximum atomic E-state index is 12.0. The molecule has 2 heterocycles. The zero-order valence-electron chi connectivity index (χ0n) is 9.18. The van der Waals surface area contributed by atoms with Crippen LogP contribution in [0.2, 0.25) is 0 Å². The minimum atomic E-state index is 0.0376. The molecule has 0 unspecified atom stereocenters. The van der Waals surface area contributed by atoms with Gasteiger partial charge in [0, 0.05) is 45.6 Å². The first kappa shape index (κ1) is 10.2. The van der Waals surface area contributed by atoms with Gasteiger partial charge in [-0.1, -0.05) is 0 Å². The second-order valence-corrected chi connectivity index (χ2v) is 3.96. The van der Waals surface area contributed by atoms with Gasteiger partial charge in [0.1, 0.15) is 0 Å².